The van der Waals surface area contributed by atoms with Crippen LogP contribution in [0, 0.1) is 0 Å². The van der Waals surface area contributed by atoms with Crippen molar-refractivity contribution < 1.29 is 5.21 Å². The zero-order chi connectivity index (χ0) is 9.84. The summed E-state index contributed by atoms with van der Waals surface area (Å²) in [6.07, 6.45) is 0.766. The van der Waals surface area contributed by atoms with Crippen LogP contribution in [0.1, 0.15) is 13.3 Å². The van der Waals surface area contributed by atoms with E-state index < -0.39 is 0 Å². The molecule has 0 aliphatic carbocycles. The molecular formula is C6H12N6O. The lowest BCUT2D eigenvalue weighted by Crippen LogP contribution is -2.22. The summed E-state index contributed by atoms with van der Waals surface area (Å²) >= 11 is 0. The molecule has 0 fully saturated rings. The Morgan fingerprint density at radius 2 is 1.77 bits per heavy atom. The first-order chi connectivity index (χ1) is 6.13. The van der Waals surface area contributed by atoms with E-state index >= 15 is 0 Å². The van der Waals surface area contributed by atoms with Crippen LogP contribution in [0.2, 0.25) is 0 Å². The van der Waals surface area contributed by atoms with Crippen molar-refractivity contribution in [2.24, 2.45) is 0 Å². The molecule has 7 nitrogen and oxygen atoms in total. The van der Waals surface area contributed by atoms with E-state index in [0.29, 0.717) is 6.54 Å². The van der Waals surface area contributed by atoms with Gasteiger partial charge < -0.3 is 11.5 Å². The van der Waals surface area contributed by atoms with Crippen LogP contribution in [-0.4, -0.2) is 26.7 Å². The Morgan fingerprint density at radius 1 is 1.23 bits per heavy atom. The molecule has 1 heterocycles. The molecule has 0 unspecified atom stereocenters. The number of nitrogen functional groups attached to an aromatic ring is 2. The van der Waals surface area contributed by atoms with Gasteiger partial charge in [-0.05, 0) is 6.42 Å². The van der Waals surface area contributed by atoms with Crippen molar-refractivity contribution in [1.82, 2.24) is 15.0 Å². The highest BCUT2D eigenvalue weighted by atomic mass is 16.5. The molecule has 0 spiro atoms. The van der Waals surface area contributed by atoms with Crippen LogP contribution in [-0.2, 0) is 0 Å². The summed E-state index contributed by atoms with van der Waals surface area (Å²) in [7, 11) is 0. The van der Waals surface area contributed by atoms with Crippen LogP contribution in [0.25, 0.3) is 0 Å². The van der Waals surface area contributed by atoms with Gasteiger partial charge >= 0.3 is 0 Å². The summed E-state index contributed by atoms with van der Waals surface area (Å²) in [6, 6.07) is 0. The molecule has 0 amide bonds. The zero-order valence-electron chi connectivity index (χ0n) is 7.30. The molecule has 0 radical (unpaired) electrons. The van der Waals surface area contributed by atoms with Gasteiger partial charge in [0.05, 0.1) is 0 Å². The highest BCUT2D eigenvalue weighted by molar-refractivity contribution is 5.37. The topological polar surface area (TPSA) is 114 Å². The normalized spacial score (nSPS) is 10.0. The summed E-state index contributed by atoms with van der Waals surface area (Å²) < 4.78 is 0. The summed E-state index contributed by atoms with van der Waals surface area (Å²) in [5.41, 5.74) is 10.6. The van der Waals surface area contributed by atoms with Gasteiger partial charge in [-0.1, -0.05) is 6.92 Å². The van der Waals surface area contributed by atoms with Crippen molar-refractivity contribution in [2.75, 3.05) is 23.1 Å². The lowest BCUT2D eigenvalue weighted by Gasteiger charge is -2.13. The van der Waals surface area contributed by atoms with Gasteiger partial charge in [-0.2, -0.15) is 15.0 Å². The van der Waals surface area contributed by atoms with Crippen LogP contribution in [0.15, 0.2) is 0 Å². The van der Waals surface area contributed by atoms with Crippen LogP contribution < -0.4 is 16.5 Å². The third-order valence-corrected chi connectivity index (χ3v) is 1.32. The monoisotopic (exact) mass is 184 g/mol. The van der Waals surface area contributed by atoms with Gasteiger partial charge in [-0.3, -0.25) is 5.21 Å². The summed E-state index contributed by atoms with van der Waals surface area (Å²) in [6.45, 7) is 2.33. The number of hydrogen-bond acceptors (Lipinski definition) is 7. The quantitative estimate of drug-likeness (QED) is 0.549. The average molecular weight is 184 g/mol. The molecule has 13 heavy (non-hydrogen) atoms. The minimum Gasteiger partial charge on any atom is -0.368 e. The molecule has 0 aromatic carbocycles. The van der Waals surface area contributed by atoms with E-state index in [1.165, 1.54) is 0 Å². The zero-order valence-corrected chi connectivity index (χ0v) is 7.30. The Morgan fingerprint density at radius 3 is 2.23 bits per heavy atom. The first-order valence-electron chi connectivity index (χ1n) is 3.87. The maximum atomic E-state index is 9.34. The number of aromatic nitrogens is 3. The molecule has 0 saturated heterocycles. The summed E-state index contributed by atoms with van der Waals surface area (Å²) in [5, 5.41) is 10.2. The number of hydroxylamine groups is 1. The van der Waals surface area contributed by atoms with E-state index in [4.69, 9.17) is 11.5 Å². The fraction of sp³-hybridized carbons (Fsp3) is 0.500. The Labute approximate surface area is 75.4 Å². The summed E-state index contributed by atoms with van der Waals surface area (Å²) in [5.74, 6) is 0.0714. The first-order valence-corrected chi connectivity index (χ1v) is 3.87. The smallest absolute Gasteiger partial charge is 0.256 e. The molecule has 0 bridgehead atoms. The number of nitrogens with zero attached hydrogens (tertiary/aromatic N) is 4. The van der Waals surface area contributed by atoms with E-state index in [9.17, 15) is 5.21 Å². The van der Waals surface area contributed by atoms with Crippen LogP contribution in [0.3, 0.4) is 0 Å². The summed E-state index contributed by atoms with van der Waals surface area (Å²) in [4.78, 5) is 11.0. The molecule has 5 N–H and O–H groups in total. The van der Waals surface area contributed by atoms with E-state index in [0.717, 1.165) is 11.5 Å². The predicted molar refractivity (Wildman–Crippen MR) is 48.1 cm³/mol. The Kier molecular flexibility index (Phi) is 2.80. The molecule has 0 atom stereocenters. The van der Waals surface area contributed by atoms with E-state index in [-0.39, 0.29) is 17.8 Å². The fourth-order valence-corrected chi connectivity index (χ4v) is 0.825. The molecule has 0 aliphatic heterocycles. The van der Waals surface area contributed by atoms with Gasteiger partial charge in [-0.25, -0.2) is 5.06 Å². The van der Waals surface area contributed by atoms with Crippen molar-refractivity contribution in [1.29, 1.82) is 0 Å². The number of nitrogens with two attached hydrogens (primary N) is 2. The van der Waals surface area contributed by atoms with Crippen LogP contribution >= 0.6 is 0 Å². The highest BCUT2D eigenvalue weighted by Gasteiger charge is 2.07. The molecular weight excluding hydrogens is 172 g/mol. The molecule has 72 valence electrons. The lowest BCUT2D eigenvalue weighted by atomic mass is 10.5. The van der Waals surface area contributed by atoms with E-state index in [2.05, 4.69) is 15.0 Å². The van der Waals surface area contributed by atoms with Crippen molar-refractivity contribution >= 4 is 17.8 Å². The van der Waals surface area contributed by atoms with Gasteiger partial charge in [-0.15, -0.1) is 0 Å². The van der Waals surface area contributed by atoms with Crippen molar-refractivity contribution in [3.05, 3.63) is 0 Å². The van der Waals surface area contributed by atoms with Crippen molar-refractivity contribution in [3.8, 4) is 0 Å². The standard InChI is InChI=1S/C6H12N6O/c1-2-3-12(13)6-10-4(7)9-5(8)11-6/h13H,2-3H2,1H3,(H4,7,8,9,10,11). The lowest BCUT2D eigenvalue weighted by molar-refractivity contribution is 0.247. The molecule has 0 saturated carbocycles. The number of rotatable bonds is 3. The predicted octanol–water partition coefficient (Wildman–Crippen LogP) is -0.358. The van der Waals surface area contributed by atoms with E-state index in [1.54, 1.807) is 0 Å². The SMILES string of the molecule is CCCN(O)c1nc(N)nc(N)n1. The maximum absolute atomic E-state index is 9.34. The second-order valence-corrected chi connectivity index (χ2v) is 2.47. The van der Waals surface area contributed by atoms with Gasteiger partial charge in [0.1, 0.15) is 0 Å². The number of anilines is 3. The van der Waals surface area contributed by atoms with Gasteiger partial charge in [0, 0.05) is 6.54 Å². The number of hydrogen-bond donors (Lipinski definition) is 3. The minimum atomic E-state index is -0.00217. The second-order valence-electron chi connectivity index (χ2n) is 2.47. The van der Waals surface area contributed by atoms with Gasteiger partial charge in [0.25, 0.3) is 5.95 Å². The third-order valence-electron chi connectivity index (χ3n) is 1.32. The van der Waals surface area contributed by atoms with Crippen LogP contribution in [0.5, 0.6) is 0 Å². The Balaban J connectivity index is 2.87. The van der Waals surface area contributed by atoms with Crippen molar-refractivity contribution in [3.63, 3.8) is 0 Å². The van der Waals surface area contributed by atoms with Crippen LogP contribution in [0.4, 0.5) is 17.8 Å². The first kappa shape index (κ1) is 9.46. The highest BCUT2D eigenvalue weighted by Crippen LogP contribution is 2.07. The average Bonchev–Trinajstić information content (AvgIpc) is 2.03. The third kappa shape index (κ3) is 2.41. The van der Waals surface area contributed by atoms with Gasteiger partial charge in [0.2, 0.25) is 11.9 Å². The maximum Gasteiger partial charge on any atom is 0.256 e. The molecule has 0 aliphatic rings. The second kappa shape index (κ2) is 3.85. The minimum absolute atomic E-state index is 0.00217. The Bertz CT molecular complexity index is 270. The molecule has 1 rings (SSSR count). The molecule has 1 aromatic heterocycles. The molecule has 1 aromatic rings. The van der Waals surface area contributed by atoms with Gasteiger partial charge in [0.15, 0.2) is 0 Å². The molecule has 7 heteroatoms. The Hall–Kier alpha value is -1.63. The fourth-order valence-electron chi connectivity index (χ4n) is 0.825. The van der Waals surface area contributed by atoms with Crippen molar-refractivity contribution in [2.45, 2.75) is 13.3 Å². The van der Waals surface area contributed by atoms with E-state index in [1.807, 2.05) is 6.92 Å². The largest absolute Gasteiger partial charge is 0.368 e.